The van der Waals surface area contributed by atoms with Crippen molar-refractivity contribution in [1.29, 1.82) is 0 Å². The Morgan fingerprint density at radius 3 is 3.05 bits per heavy atom. The normalized spacial score (nSPS) is 13.6. The van der Waals surface area contributed by atoms with Gasteiger partial charge in [-0.3, -0.25) is 14.7 Å². The molecule has 1 aromatic carbocycles. The summed E-state index contributed by atoms with van der Waals surface area (Å²) in [4.78, 5) is 12.3. The van der Waals surface area contributed by atoms with Gasteiger partial charge in [-0.05, 0) is 25.0 Å². The minimum absolute atomic E-state index is 0.141. The number of hydrogen-bond acceptors (Lipinski definition) is 5. The zero-order valence-electron chi connectivity index (χ0n) is 11.7. The summed E-state index contributed by atoms with van der Waals surface area (Å²) in [5, 5.41) is 20.8. The van der Waals surface area contributed by atoms with E-state index < -0.39 is 5.91 Å². The Labute approximate surface area is 121 Å². The van der Waals surface area contributed by atoms with E-state index in [1.807, 2.05) is 4.57 Å². The highest BCUT2D eigenvalue weighted by molar-refractivity contribution is 6.05. The summed E-state index contributed by atoms with van der Waals surface area (Å²) >= 11 is 0. The van der Waals surface area contributed by atoms with Crippen molar-refractivity contribution in [2.24, 2.45) is 0 Å². The number of carbonyl (C=O) groups is 1. The van der Waals surface area contributed by atoms with Crippen LogP contribution >= 0.6 is 0 Å². The molecule has 1 aliphatic heterocycles. The number of rotatable bonds is 3. The molecule has 2 N–H and O–H groups in total. The lowest BCUT2D eigenvalue weighted by atomic mass is 10.1. The van der Waals surface area contributed by atoms with Crippen LogP contribution in [-0.2, 0) is 13.0 Å². The Morgan fingerprint density at radius 2 is 2.24 bits per heavy atom. The predicted octanol–water partition coefficient (Wildman–Crippen LogP) is 1.58. The number of amides is 1. The molecule has 21 heavy (non-hydrogen) atoms. The number of aromatic nitrogens is 3. The number of methoxy groups -OCH3 is 1. The highest BCUT2D eigenvalue weighted by atomic mass is 16.5. The summed E-state index contributed by atoms with van der Waals surface area (Å²) < 4.78 is 6.90. The standard InChI is InChI=1S/C14H16N4O3/c1-21-10-6-4-5-9(12(10)19)13(20)15-14-17-16-11-7-2-3-8-18(11)14/h4-6,19H,2-3,7-8H2,1H3,(H,15,17,20). The van der Waals surface area contributed by atoms with Crippen molar-refractivity contribution in [3.8, 4) is 11.5 Å². The largest absolute Gasteiger partial charge is 0.504 e. The van der Waals surface area contributed by atoms with Gasteiger partial charge in [-0.1, -0.05) is 6.07 Å². The predicted molar refractivity (Wildman–Crippen MR) is 75.6 cm³/mol. The third kappa shape index (κ3) is 2.42. The molecular formula is C14H16N4O3. The number of ether oxygens (including phenoxy) is 1. The maximum absolute atomic E-state index is 12.3. The molecule has 0 saturated heterocycles. The van der Waals surface area contributed by atoms with Crippen LogP contribution in [0.2, 0.25) is 0 Å². The van der Waals surface area contributed by atoms with Gasteiger partial charge in [0.25, 0.3) is 5.91 Å². The monoisotopic (exact) mass is 288 g/mol. The zero-order chi connectivity index (χ0) is 14.8. The Kier molecular flexibility index (Phi) is 3.47. The number of benzene rings is 1. The van der Waals surface area contributed by atoms with E-state index in [2.05, 4.69) is 15.5 Å². The van der Waals surface area contributed by atoms with Crippen molar-refractivity contribution < 1.29 is 14.6 Å². The van der Waals surface area contributed by atoms with E-state index in [1.54, 1.807) is 12.1 Å². The van der Waals surface area contributed by atoms with Crippen LogP contribution in [-0.4, -0.2) is 32.9 Å². The number of nitrogens with zero attached hydrogens (tertiary/aromatic N) is 3. The van der Waals surface area contributed by atoms with Crippen molar-refractivity contribution in [2.75, 3.05) is 12.4 Å². The topological polar surface area (TPSA) is 89.3 Å². The van der Waals surface area contributed by atoms with Gasteiger partial charge in [0.1, 0.15) is 5.82 Å². The van der Waals surface area contributed by atoms with Gasteiger partial charge in [0.05, 0.1) is 12.7 Å². The minimum atomic E-state index is -0.438. The third-order valence-electron chi connectivity index (χ3n) is 3.55. The minimum Gasteiger partial charge on any atom is -0.504 e. The van der Waals surface area contributed by atoms with Crippen molar-refractivity contribution >= 4 is 11.9 Å². The molecule has 0 aliphatic carbocycles. The number of phenols is 1. The first-order valence-electron chi connectivity index (χ1n) is 6.80. The fourth-order valence-electron chi connectivity index (χ4n) is 2.44. The van der Waals surface area contributed by atoms with Crippen LogP contribution in [0.3, 0.4) is 0 Å². The van der Waals surface area contributed by atoms with Crippen LogP contribution in [0.25, 0.3) is 0 Å². The van der Waals surface area contributed by atoms with Gasteiger partial charge in [0, 0.05) is 13.0 Å². The van der Waals surface area contributed by atoms with E-state index in [4.69, 9.17) is 4.74 Å². The highest BCUT2D eigenvalue weighted by Crippen LogP contribution is 2.30. The van der Waals surface area contributed by atoms with E-state index >= 15 is 0 Å². The lowest BCUT2D eigenvalue weighted by Crippen LogP contribution is -2.18. The lowest BCUT2D eigenvalue weighted by Gasteiger charge is -2.15. The number of anilines is 1. The second kappa shape index (κ2) is 5.43. The highest BCUT2D eigenvalue weighted by Gasteiger charge is 2.20. The fourth-order valence-corrected chi connectivity index (χ4v) is 2.44. The number of para-hydroxylation sites is 1. The summed E-state index contributed by atoms with van der Waals surface area (Å²) in [6.07, 6.45) is 2.99. The maximum Gasteiger partial charge on any atom is 0.261 e. The average Bonchev–Trinajstić information content (AvgIpc) is 2.91. The van der Waals surface area contributed by atoms with E-state index in [0.29, 0.717) is 5.95 Å². The summed E-state index contributed by atoms with van der Waals surface area (Å²) in [6.45, 7) is 0.794. The summed E-state index contributed by atoms with van der Waals surface area (Å²) in [5.74, 6) is 0.928. The molecule has 0 saturated carbocycles. The Bertz CT molecular complexity index is 681. The Balaban J connectivity index is 1.85. The van der Waals surface area contributed by atoms with Crippen LogP contribution in [0.4, 0.5) is 5.95 Å². The van der Waals surface area contributed by atoms with Crippen molar-refractivity contribution in [3.05, 3.63) is 29.6 Å². The number of nitrogens with one attached hydrogen (secondary N) is 1. The van der Waals surface area contributed by atoms with Gasteiger partial charge >= 0.3 is 0 Å². The summed E-state index contributed by atoms with van der Waals surface area (Å²) in [6, 6.07) is 4.76. The first-order chi connectivity index (χ1) is 10.2. The van der Waals surface area contributed by atoms with Crippen LogP contribution in [0.1, 0.15) is 29.0 Å². The van der Waals surface area contributed by atoms with Gasteiger partial charge < -0.3 is 9.84 Å². The fraction of sp³-hybridized carbons (Fsp3) is 0.357. The number of fused-ring (bicyclic) bond motifs is 1. The van der Waals surface area contributed by atoms with Crippen LogP contribution in [0.5, 0.6) is 11.5 Å². The number of phenolic OH excluding ortho intramolecular Hbond substituents is 1. The van der Waals surface area contributed by atoms with Gasteiger partial charge in [0.2, 0.25) is 5.95 Å². The SMILES string of the molecule is COc1cccc(C(=O)Nc2nnc3n2CCCC3)c1O. The van der Waals surface area contributed by atoms with Crippen LogP contribution in [0.15, 0.2) is 18.2 Å². The molecule has 0 spiro atoms. The molecule has 0 atom stereocenters. The quantitative estimate of drug-likeness (QED) is 0.895. The van der Waals surface area contributed by atoms with Gasteiger partial charge in [-0.25, -0.2) is 0 Å². The Morgan fingerprint density at radius 1 is 1.38 bits per heavy atom. The molecule has 3 rings (SSSR count). The van der Waals surface area contributed by atoms with Gasteiger partial charge in [0.15, 0.2) is 11.5 Å². The number of aryl methyl sites for hydroxylation is 1. The van der Waals surface area contributed by atoms with Crippen LogP contribution < -0.4 is 10.1 Å². The van der Waals surface area contributed by atoms with Gasteiger partial charge in [-0.2, -0.15) is 0 Å². The molecule has 1 amide bonds. The Hall–Kier alpha value is -2.57. The van der Waals surface area contributed by atoms with Gasteiger partial charge in [-0.15, -0.1) is 10.2 Å². The van der Waals surface area contributed by atoms with E-state index in [-0.39, 0.29) is 17.1 Å². The summed E-state index contributed by atoms with van der Waals surface area (Å²) in [7, 11) is 1.44. The summed E-state index contributed by atoms with van der Waals surface area (Å²) in [5.41, 5.74) is 0.141. The third-order valence-corrected chi connectivity index (χ3v) is 3.55. The molecule has 0 fully saturated rings. The van der Waals surface area contributed by atoms with E-state index in [1.165, 1.54) is 13.2 Å². The number of carbonyl (C=O) groups excluding carboxylic acids is 1. The second-order valence-electron chi connectivity index (χ2n) is 4.86. The molecule has 2 aromatic rings. The molecular weight excluding hydrogens is 272 g/mol. The molecule has 1 aromatic heterocycles. The molecule has 2 heterocycles. The van der Waals surface area contributed by atoms with Crippen molar-refractivity contribution in [3.63, 3.8) is 0 Å². The molecule has 0 unspecified atom stereocenters. The first kappa shape index (κ1) is 13.4. The van der Waals surface area contributed by atoms with E-state index in [9.17, 15) is 9.90 Å². The second-order valence-corrected chi connectivity index (χ2v) is 4.86. The molecule has 0 radical (unpaired) electrons. The average molecular weight is 288 g/mol. The molecule has 7 nitrogen and oxygen atoms in total. The number of hydrogen-bond donors (Lipinski definition) is 2. The van der Waals surface area contributed by atoms with Crippen molar-refractivity contribution in [1.82, 2.24) is 14.8 Å². The van der Waals surface area contributed by atoms with Crippen LogP contribution in [0, 0.1) is 0 Å². The molecule has 7 heteroatoms. The smallest absolute Gasteiger partial charge is 0.261 e. The number of aromatic hydroxyl groups is 1. The molecule has 110 valence electrons. The van der Waals surface area contributed by atoms with E-state index in [0.717, 1.165) is 31.6 Å². The maximum atomic E-state index is 12.3. The zero-order valence-corrected chi connectivity index (χ0v) is 11.7. The van der Waals surface area contributed by atoms with Crippen molar-refractivity contribution in [2.45, 2.75) is 25.8 Å². The first-order valence-corrected chi connectivity index (χ1v) is 6.80. The molecule has 0 bridgehead atoms. The molecule has 1 aliphatic rings. The lowest BCUT2D eigenvalue weighted by molar-refractivity contribution is 0.102.